The number of hydrogen-bond acceptors (Lipinski definition) is 4. The number of carbonyl (C=O) groups excluding carboxylic acids is 1. The van der Waals surface area contributed by atoms with Crippen molar-refractivity contribution in [2.24, 2.45) is 0 Å². The van der Waals surface area contributed by atoms with Crippen LogP contribution in [0.1, 0.15) is 18.4 Å². The van der Waals surface area contributed by atoms with Gasteiger partial charge >= 0.3 is 0 Å². The van der Waals surface area contributed by atoms with Gasteiger partial charge in [-0.05, 0) is 37.1 Å². The Balaban J connectivity index is 1.53. The van der Waals surface area contributed by atoms with E-state index in [1.807, 2.05) is 25.1 Å². The summed E-state index contributed by atoms with van der Waals surface area (Å²) in [5, 5.41) is 7.03. The number of carbonyl (C=O) groups is 1. The molecule has 2 N–H and O–H groups in total. The second-order valence-electron chi connectivity index (χ2n) is 5.80. The van der Waals surface area contributed by atoms with Crippen LogP contribution < -0.4 is 15.4 Å². The molecule has 5 nitrogen and oxygen atoms in total. The molecule has 1 aliphatic heterocycles. The minimum absolute atomic E-state index is 0.0935. The number of nitrogens with one attached hydrogen (secondary N) is 2. The quantitative estimate of drug-likeness (QED) is 0.709. The molecule has 0 spiro atoms. The molecule has 1 saturated heterocycles. The Morgan fingerprint density at radius 2 is 2.17 bits per heavy atom. The molecule has 0 bridgehead atoms. The smallest absolute Gasteiger partial charge is 0.220 e. The average Bonchev–Trinajstić information content (AvgIpc) is 2.56. The largest absolute Gasteiger partial charge is 0.494 e. The number of nitrogens with zero attached hydrogens (tertiary/aromatic N) is 1. The van der Waals surface area contributed by atoms with Crippen molar-refractivity contribution in [1.82, 2.24) is 15.5 Å². The Morgan fingerprint density at radius 1 is 1.39 bits per heavy atom. The van der Waals surface area contributed by atoms with Gasteiger partial charge in [0, 0.05) is 50.7 Å². The third-order valence-corrected chi connectivity index (χ3v) is 4.33. The summed E-state index contributed by atoms with van der Waals surface area (Å²) < 4.78 is 5.64. The molecule has 0 atom stereocenters. The molecular weight excluding hydrogens is 314 g/mol. The molecule has 0 radical (unpaired) electrons. The molecule has 1 aliphatic rings. The minimum atomic E-state index is 0.0935. The van der Waals surface area contributed by atoms with Gasteiger partial charge in [-0.1, -0.05) is 11.6 Å². The van der Waals surface area contributed by atoms with Gasteiger partial charge in [-0.3, -0.25) is 9.69 Å². The van der Waals surface area contributed by atoms with E-state index in [1.54, 1.807) is 0 Å². The number of benzene rings is 1. The van der Waals surface area contributed by atoms with E-state index in [9.17, 15) is 4.79 Å². The topological polar surface area (TPSA) is 53.6 Å². The fraction of sp³-hybridized carbons (Fsp3) is 0.588. The van der Waals surface area contributed by atoms with Crippen LogP contribution in [0.2, 0.25) is 5.02 Å². The number of halogens is 1. The van der Waals surface area contributed by atoms with Crippen LogP contribution in [0.15, 0.2) is 18.2 Å². The summed E-state index contributed by atoms with van der Waals surface area (Å²) in [6, 6.07) is 5.59. The Kier molecular flexibility index (Phi) is 7.65. The van der Waals surface area contributed by atoms with Crippen molar-refractivity contribution in [2.75, 3.05) is 45.9 Å². The van der Waals surface area contributed by atoms with Crippen LogP contribution in [0.4, 0.5) is 0 Å². The molecule has 1 fully saturated rings. The summed E-state index contributed by atoms with van der Waals surface area (Å²) in [4.78, 5) is 14.1. The van der Waals surface area contributed by atoms with E-state index < -0.39 is 0 Å². The van der Waals surface area contributed by atoms with Gasteiger partial charge in [-0.25, -0.2) is 0 Å². The van der Waals surface area contributed by atoms with E-state index in [2.05, 4.69) is 15.5 Å². The highest BCUT2D eigenvalue weighted by molar-refractivity contribution is 6.31. The van der Waals surface area contributed by atoms with E-state index in [0.717, 1.165) is 55.6 Å². The highest BCUT2D eigenvalue weighted by Crippen LogP contribution is 2.21. The van der Waals surface area contributed by atoms with Crippen LogP contribution >= 0.6 is 11.6 Å². The number of ether oxygens (including phenoxy) is 1. The SMILES string of the molecule is Cc1cc(OCCCC(=O)NCCN2CCNCC2)ccc1Cl. The second-order valence-corrected chi connectivity index (χ2v) is 6.21. The predicted octanol–water partition coefficient (Wildman–Crippen LogP) is 1.83. The van der Waals surface area contributed by atoms with E-state index in [1.165, 1.54) is 0 Å². The van der Waals surface area contributed by atoms with Gasteiger partial charge in [0.25, 0.3) is 0 Å². The van der Waals surface area contributed by atoms with Gasteiger partial charge in [-0.2, -0.15) is 0 Å². The monoisotopic (exact) mass is 339 g/mol. The lowest BCUT2D eigenvalue weighted by atomic mass is 10.2. The maximum Gasteiger partial charge on any atom is 0.220 e. The number of amides is 1. The predicted molar refractivity (Wildman–Crippen MR) is 93.2 cm³/mol. The number of rotatable bonds is 8. The van der Waals surface area contributed by atoms with Crippen molar-refractivity contribution in [3.63, 3.8) is 0 Å². The van der Waals surface area contributed by atoms with Crippen molar-refractivity contribution < 1.29 is 9.53 Å². The third-order valence-electron chi connectivity index (χ3n) is 3.91. The number of hydrogen-bond donors (Lipinski definition) is 2. The van der Waals surface area contributed by atoms with Crippen LogP contribution in [-0.2, 0) is 4.79 Å². The third kappa shape index (κ3) is 6.77. The van der Waals surface area contributed by atoms with E-state index in [4.69, 9.17) is 16.3 Å². The van der Waals surface area contributed by atoms with Crippen LogP contribution in [0, 0.1) is 6.92 Å². The summed E-state index contributed by atoms with van der Waals surface area (Å²) in [6.07, 6.45) is 1.20. The van der Waals surface area contributed by atoms with Crippen LogP contribution in [0.5, 0.6) is 5.75 Å². The first kappa shape index (κ1) is 18.0. The molecule has 0 unspecified atom stereocenters. The van der Waals surface area contributed by atoms with Gasteiger partial charge in [0.1, 0.15) is 5.75 Å². The first-order valence-corrected chi connectivity index (χ1v) is 8.61. The standard InChI is InChI=1S/C17H26ClN3O2/c1-14-13-15(4-5-16(14)18)23-12-2-3-17(22)20-8-11-21-9-6-19-7-10-21/h4-5,13,19H,2-3,6-12H2,1H3,(H,20,22). The van der Waals surface area contributed by atoms with Crippen LogP contribution in [0.25, 0.3) is 0 Å². The van der Waals surface area contributed by atoms with Crippen molar-refractivity contribution in [1.29, 1.82) is 0 Å². The Bertz CT molecular complexity index is 505. The lowest BCUT2D eigenvalue weighted by Gasteiger charge is -2.27. The molecule has 0 aromatic heterocycles. The first-order valence-electron chi connectivity index (χ1n) is 8.24. The maximum atomic E-state index is 11.8. The zero-order valence-corrected chi connectivity index (χ0v) is 14.5. The van der Waals surface area contributed by atoms with Gasteiger partial charge in [0.2, 0.25) is 5.91 Å². The fourth-order valence-electron chi connectivity index (χ4n) is 2.51. The molecule has 0 saturated carbocycles. The molecule has 2 rings (SSSR count). The molecule has 0 aliphatic carbocycles. The Morgan fingerprint density at radius 3 is 2.91 bits per heavy atom. The van der Waals surface area contributed by atoms with Crippen LogP contribution in [0.3, 0.4) is 0 Å². The van der Waals surface area contributed by atoms with E-state index >= 15 is 0 Å². The first-order chi connectivity index (χ1) is 11.1. The second kappa shape index (κ2) is 9.75. The van der Waals surface area contributed by atoms with E-state index in [0.29, 0.717) is 19.4 Å². The molecule has 1 aromatic rings. The highest BCUT2D eigenvalue weighted by atomic mass is 35.5. The summed E-state index contributed by atoms with van der Waals surface area (Å²) in [7, 11) is 0. The zero-order chi connectivity index (χ0) is 16.5. The van der Waals surface area contributed by atoms with Crippen molar-refractivity contribution in [3.8, 4) is 5.75 Å². The molecule has 6 heteroatoms. The molecular formula is C17H26ClN3O2. The minimum Gasteiger partial charge on any atom is -0.494 e. The van der Waals surface area contributed by atoms with Crippen LogP contribution in [-0.4, -0.2) is 56.7 Å². The Labute approximate surface area is 143 Å². The maximum absolute atomic E-state index is 11.8. The lowest BCUT2D eigenvalue weighted by Crippen LogP contribution is -2.46. The van der Waals surface area contributed by atoms with E-state index in [-0.39, 0.29) is 5.91 Å². The molecule has 1 heterocycles. The van der Waals surface area contributed by atoms with Crippen molar-refractivity contribution >= 4 is 17.5 Å². The fourth-order valence-corrected chi connectivity index (χ4v) is 2.62. The normalized spacial score (nSPS) is 15.4. The van der Waals surface area contributed by atoms with Gasteiger partial charge in [0.05, 0.1) is 6.61 Å². The Hall–Kier alpha value is -1.30. The summed E-state index contributed by atoms with van der Waals surface area (Å²) in [6.45, 7) is 8.32. The number of aryl methyl sites for hydroxylation is 1. The summed E-state index contributed by atoms with van der Waals surface area (Å²) in [5.41, 5.74) is 0.995. The molecule has 23 heavy (non-hydrogen) atoms. The summed E-state index contributed by atoms with van der Waals surface area (Å²) in [5.74, 6) is 0.891. The zero-order valence-electron chi connectivity index (χ0n) is 13.7. The molecule has 1 aromatic carbocycles. The highest BCUT2D eigenvalue weighted by Gasteiger charge is 2.09. The van der Waals surface area contributed by atoms with Crippen molar-refractivity contribution in [2.45, 2.75) is 19.8 Å². The molecule has 128 valence electrons. The average molecular weight is 340 g/mol. The lowest BCUT2D eigenvalue weighted by molar-refractivity contribution is -0.121. The van der Waals surface area contributed by atoms with Gasteiger partial charge in [0.15, 0.2) is 0 Å². The summed E-state index contributed by atoms with van der Waals surface area (Å²) >= 11 is 5.97. The van der Waals surface area contributed by atoms with Crippen molar-refractivity contribution in [3.05, 3.63) is 28.8 Å². The molecule has 1 amide bonds. The number of piperazine rings is 1. The van der Waals surface area contributed by atoms with Gasteiger partial charge < -0.3 is 15.4 Å². The van der Waals surface area contributed by atoms with Gasteiger partial charge in [-0.15, -0.1) is 0 Å².